The second-order valence-corrected chi connectivity index (χ2v) is 5.90. The van der Waals surface area contributed by atoms with Gasteiger partial charge in [0.05, 0.1) is 12.4 Å². The number of carboxylic acids is 1. The van der Waals surface area contributed by atoms with Crippen molar-refractivity contribution in [3.8, 4) is 22.8 Å². The van der Waals surface area contributed by atoms with Gasteiger partial charge in [-0.25, -0.2) is 14.5 Å². The van der Waals surface area contributed by atoms with Crippen molar-refractivity contribution in [2.75, 3.05) is 6.61 Å². The highest BCUT2D eigenvalue weighted by atomic mass is 16.5. The Morgan fingerprint density at radius 1 is 1.37 bits per heavy atom. The molecule has 3 aromatic rings. The van der Waals surface area contributed by atoms with Gasteiger partial charge in [-0.2, -0.15) is 0 Å². The van der Waals surface area contributed by atoms with Gasteiger partial charge in [-0.15, -0.1) is 5.10 Å². The number of nitrogens with one attached hydrogen (secondary N) is 1. The molecule has 3 rings (SSSR count). The largest absolute Gasteiger partial charge is 0.487 e. The molecule has 0 atom stereocenters. The minimum atomic E-state index is -1.33. The zero-order chi connectivity index (χ0) is 19.4. The third-order valence-electron chi connectivity index (χ3n) is 3.66. The van der Waals surface area contributed by atoms with Gasteiger partial charge in [-0.3, -0.25) is 4.79 Å². The van der Waals surface area contributed by atoms with Crippen LogP contribution in [-0.4, -0.2) is 42.6 Å². The van der Waals surface area contributed by atoms with Crippen molar-refractivity contribution >= 4 is 5.97 Å². The lowest BCUT2D eigenvalue weighted by Gasteiger charge is -2.12. The highest BCUT2D eigenvalue weighted by Crippen LogP contribution is 2.27. The molecule has 0 unspecified atom stereocenters. The summed E-state index contributed by atoms with van der Waals surface area (Å²) < 4.78 is 7.33. The van der Waals surface area contributed by atoms with Gasteiger partial charge in [0.15, 0.2) is 0 Å². The van der Waals surface area contributed by atoms with Crippen LogP contribution in [0.5, 0.6) is 5.75 Å². The van der Waals surface area contributed by atoms with Gasteiger partial charge >= 0.3 is 5.97 Å². The van der Waals surface area contributed by atoms with E-state index in [1.54, 1.807) is 24.4 Å². The van der Waals surface area contributed by atoms with E-state index in [2.05, 4.69) is 20.3 Å². The number of aromatic amines is 1. The fourth-order valence-corrected chi connectivity index (χ4v) is 2.29. The number of aromatic carboxylic acids is 1. The molecule has 0 saturated heterocycles. The van der Waals surface area contributed by atoms with Crippen molar-refractivity contribution in [1.29, 1.82) is 0 Å². The SMILES string of the molecule is CC(C)=CCOc1ccc(-c2ncc(C(=O)O)c(=O)[nH]2)cc1-n1ccnn1. The molecule has 1 aromatic carbocycles. The van der Waals surface area contributed by atoms with E-state index >= 15 is 0 Å². The van der Waals surface area contributed by atoms with Crippen molar-refractivity contribution in [3.63, 3.8) is 0 Å². The molecule has 9 nitrogen and oxygen atoms in total. The Morgan fingerprint density at radius 2 is 2.19 bits per heavy atom. The number of benzene rings is 1. The first-order valence-corrected chi connectivity index (χ1v) is 8.05. The molecule has 0 fully saturated rings. The summed E-state index contributed by atoms with van der Waals surface area (Å²) in [4.78, 5) is 29.4. The maximum Gasteiger partial charge on any atom is 0.342 e. The minimum Gasteiger partial charge on any atom is -0.487 e. The van der Waals surface area contributed by atoms with Crippen LogP contribution in [0.15, 0.2) is 53.2 Å². The molecule has 0 saturated carbocycles. The van der Waals surface area contributed by atoms with Crippen molar-refractivity contribution in [1.82, 2.24) is 25.0 Å². The van der Waals surface area contributed by atoms with E-state index in [1.165, 1.54) is 10.9 Å². The summed E-state index contributed by atoms with van der Waals surface area (Å²) in [6, 6.07) is 5.18. The smallest absolute Gasteiger partial charge is 0.342 e. The van der Waals surface area contributed by atoms with Crippen molar-refractivity contribution < 1.29 is 14.6 Å². The molecular weight excluding hydrogens is 350 g/mol. The van der Waals surface area contributed by atoms with Gasteiger partial charge in [0.25, 0.3) is 5.56 Å². The lowest BCUT2D eigenvalue weighted by molar-refractivity contribution is 0.0694. The first kappa shape index (κ1) is 18.1. The number of rotatable bonds is 6. The van der Waals surface area contributed by atoms with Gasteiger partial charge < -0.3 is 14.8 Å². The topological polar surface area (TPSA) is 123 Å². The van der Waals surface area contributed by atoms with Gasteiger partial charge in [-0.1, -0.05) is 10.8 Å². The van der Waals surface area contributed by atoms with Crippen LogP contribution >= 0.6 is 0 Å². The monoisotopic (exact) mass is 367 g/mol. The molecule has 0 amide bonds. The Bertz CT molecular complexity index is 1050. The molecule has 0 aliphatic rings. The summed E-state index contributed by atoms with van der Waals surface area (Å²) in [6.07, 6.45) is 6.18. The van der Waals surface area contributed by atoms with E-state index in [0.29, 0.717) is 23.6 Å². The fourth-order valence-electron chi connectivity index (χ4n) is 2.29. The van der Waals surface area contributed by atoms with Crippen molar-refractivity contribution in [2.24, 2.45) is 0 Å². The Kier molecular flexibility index (Phi) is 5.11. The zero-order valence-corrected chi connectivity index (χ0v) is 14.7. The Morgan fingerprint density at radius 3 is 2.81 bits per heavy atom. The maximum absolute atomic E-state index is 11.9. The first-order chi connectivity index (χ1) is 13.0. The Balaban J connectivity index is 2.02. The second-order valence-electron chi connectivity index (χ2n) is 5.90. The minimum absolute atomic E-state index is 0.238. The predicted octanol–water partition coefficient (Wildman–Crippen LogP) is 2.06. The molecule has 2 heterocycles. The van der Waals surface area contributed by atoms with Crippen molar-refractivity contribution in [3.05, 3.63) is 64.4 Å². The summed E-state index contributed by atoms with van der Waals surface area (Å²) in [6.45, 7) is 4.35. The number of ether oxygens (including phenoxy) is 1. The second kappa shape index (κ2) is 7.65. The standard InChI is InChI=1S/C18H17N5O4/c1-11(2)5-8-27-15-4-3-12(9-14(15)23-7-6-20-22-23)16-19-10-13(18(25)26)17(24)21-16/h3-7,9-10H,8H2,1-2H3,(H,25,26)(H,19,21,24). The summed E-state index contributed by atoms with van der Waals surface area (Å²) in [7, 11) is 0. The molecule has 0 spiro atoms. The normalized spacial score (nSPS) is 10.4. The number of hydrogen-bond donors (Lipinski definition) is 2. The highest BCUT2D eigenvalue weighted by molar-refractivity contribution is 5.86. The van der Waals surface area contributed by atoms with Gasteiger partial charge in [0.1, 0.15) is 29.4 Å². The van der Waals surface area contributed by atoms with Gasteiger partial charge in [0, 0.05) is 11.8 Å². The van der Waals surface area contributed by atoms with Crippen LogP contribution in [0.3, 0.4) is 0 Å². The molecule has 2 N–H and O–H groups in total. The van der Waals surface area contributed by atoms with Crippen LogP contribution < -0.4 is 10.3 Å². The molecule has 0 aliphatic carbocycles. The summed E-state index contributed by atoms with van der Waals surface area (Å²) >= 11 is 0. The maximum atomic E-state index is 11.9. The molecule has 9 heteroatoms. The van der Waals surface area contributed by atoms with Crippen LogP contribution in [0.2, 0.25) is 0 Å². The number of allylic oxidation sites excluding steroid dienone is 1. The third kappa shape index (κ3) is 4.09. The quantitative estimate of drug-likeness (QED) is 0.639. The molecular formula is C18H17N5O4. The number of hydrogen-bond acceptors (Lipinski definition) is 6. The van der Waals surface area contributed by atoms with Gasteiger partial charge in [-0.05, 0) is 38.1 Å². The third-order valence-corrected chi connectivity index (χ3v) is 3.66. The predicted molar refractivity (Wildman–Crippen MR) is 97.1 cm³/mol. The Labute approximate surface area is 154 Å². The Hall–Kier alpha value is -3.75. The van der Waals surface area contributed by atoms with Crippen LogP contribution in [-0.2, 0) is 0 Å². The van der Waals surface area contributed by atoms with Crippen LogP contribution in [0.25, 0.3) is 17.1 Å². The number of nitrogens with zero attached hydrogens (tertiary/aromatic N) is 4. The summed E-state index contributed by atoms with van der Waals surface area (Å²) in [5.41, 5.74) is 1.17. The molecule has 138 valence electrons. The number of aromatic nitrogens is 5. The molecule has 0 aliphatic heterocycles. The average Bonchev–Trinajstić information content (AvgIpc) is 3.15. The average molecular weight is 367 g/mol. The molecule has 0 bridgehead atoms. The lowest BCUT2D eigenvalue weighted by Crippen LogP contribution is -2.18. The number of H-pyrrole nitrogens is 1. The summed E-state index contributed by atoms with van der Waals surface area (Å²) in [5.74, 6) is -0.518. The van der Waals surface area contributed by atoms with E-state index in [1.807, 2.05) is 19.9 Å². The fraction of sp³-hybridized carbons (Fsp3) is 0.167. The van der Waals surface area contributed by atoms with E-state index in [4.69, 9.17) is 9.84 Å². The van der Waals surface area contributed by atoms with Gasteiger partial charge in [0.2, 0.25) is 0 Å². The van der Waals surface area contributed by atoms with Crippen molar-refractivity contribution in [2.45, 2.75) is 13.8 Å². The number of carboxylic acid groups (broad SMARTS) is 1. The van der Waals surface area contributed by atoms with E-state index in [9.17, 15) is 9.59 Å². The highest BCUT2D eigenvalue weighted by Gasteiger charge is 2.13. The van der Waals surface area contributed by atoms with Crippen LogP contribution in [0, 0.1) is 0 Å². The van der Waals surface area contributed by atoms with Crippen LogP contribution in [0.1, 0.15) is 24.2 Å². The van der Waals surface area contributed by atoms with E-state index in [0.717, 1.165) is 11.8 Å². The van der Waals surface area contributed by atoms with E-state index < -0.39 is 17.1 Å². The van der Waals surface area contributed by atoms with E-state index in [-0.39, 0.29) is 5.82 Å². The molecule has 2 aromatic heterocycles. The van der Waals surface area contributed by atoms with Crippen LogP contribution in [0.4, 0.5) is 0 Å². The molecule has 0 radical (unpaired) electrons. The zero-order valence-electron chi connectivity index (χ0n) is 14.7. The first-order valence-electron chi connectivity index (χ1n) is 8.05. The summed E-state index contributed by atoms with van der Waals surface area (Å²) in [5, 5.41) is 16.7. The number of carbonyl (C=O) groups is 1. The molecule has 27 heavy (non-hydrogen) atoms. The lowest BCUT2D eigenvalue weighted by atomic mass is 10.1.